The van der Waals surface area contributed by atoms with Crippen LogP contribution in [0.4, 0.5) is 26.3 Å². The topological polar surface area (TPSA) is 138 Å². The fourth-order valence-electron chi connectivity index (χ4n) is 4.98. The van der Waals surface area contributed by atoms with Crippen molar-refractivity contribution in [2.75, 3.05) is 0 Å². The van der Waals surface area contributed by atoms with Gasteiger partial charge in [-0.2, -0.15) is 26.3 Å². The summed E-state index contributed by atoms with van der Waals surface area (Å²) in [6.45, 7) is 0. The first kappa shape index (κ1) is 24.4. The number of halogens is 6. The van der Waals surface area contributed by atoms with Crippen LogP contribution in [0.1, 0.15) is 51.4 Å². The third-order valence-corrected chi connectivity index (χ3v) is 6.52. The molecule has 0 saturated heterocycles. The molecule has 2 aliphatic carbocycles. The molecule has 0 aromatic carbocycles. The maximum atomic E-state index is 14.2. The monoisotopic (exact) mass is 444 g/mol. The molecule has 2 aliphatic rings. The lowest BCUT2D eigenvalue weighted by Crippen LogP contribution is -2.58. The molecule has 2 atom stereocenters. The Morgan fingerprint density at radius 1 is 0.667 bits per heavy atom. The molecule has 170 valence electrons. The predicted octanol–water partition coefficient (Wildman–Crippen LogP) is 5.52. The highest BCUT2D eigenvalue weighted by Crippen LogP contribution is 2.56. The molecule has 30 heavy (non-hydrogen) atoms. The molecule has 0 amide bonds. The molecule has 0 aliphatic heterocycles. The summed E-state index contributed by atoms with van der Waals surface area (Å²) in [6, 6.07) is 0. The van der Waals surface area contributed by atoms with Crippen molar-refractivity contribution in [3.05, 3.63) is 20.9 Å². The maximum Gasteiger partial charge on any atom is 0.423 e. The summed E-state index contributed by atoms with van der Waals surface area (Å²) in [7, 11) is 0. The van der Waals surface area contributed by atoms with Gasteiger partial charge in [0.1, 0.15) is 5.54 Å². The molecule has 2 rings (SSSR count). The van der Waals surface area contributed by atoms with Crippen LogP contribution in [0.2, 0.25) is 0 Å². The number of nitrogens with zero attached hydrogens (tertiary/aromatic N) is 6. The Morgan fingerprint density at radius 2 is 1.07 bits per heavy atom. The van der Waals surface area contributed by atoms with Gasteiger partial charge >= 0.3 is 12.4 Å². The van der Waals surface area contributed by atoms with Gasteiger partial charge in [0.05, 0.1) is 6.10 Å². The number of hydrogen-bond donors (Lipinski definition) is 2. The first-order chi connectivity index (χ1) is 13.8. The lowest BCUT2D eigenvalue weighted by molar-refractivity contribution is -0.283. The normalized spacial score (nSPS) is 32.1. The van der Waals surface area contributed by atoms with E-state index in [0.29, 0.717) is 0 Å². The first-order valence-corrected chi connectivity index (χ1v) is 9.49. The first-order valence-electron chi connectivity index (χ1n) is 9.49. The Kier molecular flexibility index (Phi) is 7.07. The van der Waals surface area contributed by atoms with Crippen molar-refractivity contribution in [2.24, 2.45) is 28.0 Å². The van der Waals surface area contributed by atoms with Crippen molar-refractivity contribution < 1.29 is 36.6 Å². The molecule has 2 N–H and O–H groups in total. The molecule has 0 heterocycles. The standard InChI is InChI=1S/C16H22F6N6O2/c17-15(18,19)13(25-27-23,10-5-7-12(29)8-6-10)9-1-3-11(4-2-9)14(30,26-28-24)16(20,21)22/h9-12,29-30H,1-8H2. The van der Waals surface area contributed by atoms with E-state index in [2.05, 4.69) is 20.1 Å². The van der Waals surface area contributed by atoms with Crippen LogP contribution >= 0.6 is 0 Å². The summed E-state index contributed by atoms with van der Waals surface area (Å²) in [5.41, 5.74) is 10.8. The Hall–Kier alpha value is -1.88. The van der Waals surface area contributed by atoms with Crippen LogP contribution < -0.4 is 0 Å². The molecule has 0 bridgehead atoms. The maximum absolute atomic E-state index is 14.2. The molecule has 0 radical (unpaired) electrons. The third kappa shape index (κ3) is 4.27. The second-order valence-corrected chi connectivity index (χ2v) is 7.98. The highest BCUT2D eigenvalue weighted by atomic mass is 19.4. The van der Waals surface area contributed by atoms with E-state index in [1.54, 1.807) is 0 Å². The number of alkyl halides is 6. The Morgan fingerprint density at radius 3 is 1.43 bits per heavy atom. The van der Waals surface area contributed by atoms with Gasteiger partial charge in [0.15, 0.2) is 0 Å². The van der Waals surface area contributed by atoms with Crippen molar-refractivity contribution in [3.8, 4) is 0 Å². The van der Waals surface area contributed by atoms with Gasteiger partial charge < -0.3 is 10.2 Å². The van der Waals surface area contributed by atoms with E-state index in [9.17, 15) is 36.6 Å². The van der Waals surface area contributed by atoms with E-state index >= 15 is 0 Å². The molecular weight excluding hydrogens is 422 g/mol. The SMILES string of the molecule is [N-]=[N+]=NC(O)(C1CCC(C(N=[N+]=[N-])(C2CCC(O)CC2)C(F)(F)F)CC1)C(F)(F)F. The van der Waals surface area contributed by atoms with Crippen LogP contribution in [-0.4, -0.2) is 39.9 Å². The van der Waals surface area contributed by atoms with Crippen LogP contribution in [-0.2, 0) is 0 Å². The number of aliphatic hydroxyl groups excluding tert-OH is 1. The van der Waals surface area contributed by atoms with E-state index in [0.717, 1.165) is 0 Å². The van der Waals surface area contributed by atoms with Crippen LogP contribution in [0, 0.1) is 17.8 Å². The van der Waals surface area contributed by atoms with Crippen LogP contribution in [0.25, 0.3) is 20.9 Å². The van der Waals surface area contributed by atoms with E-state index in [4.69, 9.17) is 11.1 Å². The lowest BCUT2D eigenvalue weighted by Gasteiger charge is -2.49. The molecule has 2 fully saturated rings. The van der Waals surface area contributed by atoms with E-state index < -0.39 is 73.2 Å². The Labute approximate surface area is 167 Å². The second-order valence-electron chi connectivity index (χ2n) is 7.98. The average molecular weight is 444 g/mol. The molecule has 2 unspecified atom stereocenters. The minimum Gasteiger partial charge on any atom is -0.393 e. The largest absolute Gasteiger partial charge is 0.423 e. The summed E-state index contributed by atoms with van der Waals surface area (Å²) in [5.74, 6) is -4.03. The highest BCUT2D eigenvalue weighted by Gasteiger charge is 2.65. The van der Waals surface area contributed by atoms with Gasteiger partial charge in [-0.25, -0.2) is 0 Å². The van der Waals surface area contributed by atoms with Gasteiger partial charge in [-0.1, -0.05) is 5.11 Å². The summed E-state index contributed by atoms with van der Waals surface area (Å²) in [4.78, 5) is 4.48. The van der Waals surface area contributed by atoms with E-state index in [1.165, 1.54) is 0 Å². The Bertz CT molecular complexity index is 704. The Balaban J connectivity index is 2.35. The fraction of sp³-hybridized carbons (Fsp3) is 1.00. The number of hydrogen-bond acceptors (Lipinski definition) is 4. The van der Waals surface area contributed by atoms with Gasteiger partial charge in [0.25, 0.3) is 0 Å². The van der Waals surface area contributed by atoms with Gasteiger partial charge in [0, 0.05) is 15.7 Å². The van der Waals surface area contributed by atoms with Crippen molar-refractivity contribution >= 4 is 0 Å². The van der Waals surface area contributed by atoms with Crippen LogP contribution in [0.5, 0.6) is 0 Å². The van der Waals surface area contributed by atoms with Crippen molar-refractivity contribution in [2.45, 2.75) is 81.1 Å². The number of rotatable bonds is 5. The highest BCUT2D eigenvalue weighted by molar-refractivity contribution is 5.08. The predicted molar refractivity (Wildman–Crippen MR) is 91.5 cm³/mol. The smallest absolute Gasteiger partial charge is 0.393 e. The second kappa shape index (κ2) is 8.70. The van der Waals surface area contributed by atoms with Crippen molar-refractivity contribution in [1.29, 1.82) is 0 Å². The molecule has 8 nitrogen and oxygen atoms in total. The molecule has 0 spiro atoms. The lowest BCUT2D eigenvalue weighted by atomic mass is 9.62. The molecule has 0 aromatic rings. The third-order valence-electron chi connectivity index (χ3n) is 6.52. The van der Waals surface area contributed by atoms with E-state index in [1.807, 2.05) is 0 Å². The minimum absolute atomic E-state index is 0.0369. The van der Waals surface area contributed by atoms with Gasteiger partial charge in [-0.05, 0) is 79.4 Å². The molecule has 0 aromatic heterocycles. The van der Waals surface area contributed by atoms with Gasteiger partial charge in [-0.15, -0.1) is 0 Å². The van der Waals surface area contributed by atoms with Gasteiger partial charge in [0.2, 0.25) is 5.72 Å². The van der Waals surface area contributed by atoms with Crippen molar-refractivity contribution in [3.63, 3.8) is 0 Å². The molecular formula is C16H22F6N6O2. The fourth-order valence-corrected chi connectivity index (χ4v) is 4.98. The summed E-state index contributed by atoms with van der Waals surface area (Å²) >= 11 is 0. The van der Waals surface area contributed by atoms with Crippen molar-refractivity contribution in [1.82, 2.24) is 0 Å². The van der Waals surface area contributed by atoms with E-state index in [-0.39, 0.29) is 25.7 Å². The number of aliphatic hydroxyl groups is 2. The molecule has 14 heteroatoms. The minimum atomic E-state index is -5.29. The summed E-state index contributed by atoms with van der Waals surface area (Å²) in [6.07, 6.45) is -12.6. The van der Waals surface area contributed by atoms with Crippen LogP contribution in [0.3, 0.4) is 0 Å². The molecule has 2 saturated carbocycles. The summed E-state index contributed by atoms with van der Waals surface area (Å²) < 4.78 is 82.5. The zero-order chi connectivity index (χ0) is 22.8. The quantitative estimate of drug-likeness (QED) is 0.250. The zero-order valence-corrected chi connectivity index (χ0v) is 15.8. The average Bonchev–Trinajstić information content (AvgIpc) is 2.65. The number of azide groups is 2. The zero-order valence-electron chi connectivity index (χ0n) is 15.8. The summed E-state index contributed by atoms with van der Waals surface area (Å²) in [5, 5.41) is 25.2. The van der Waals surface area contributed by atoms with Gasteiger partial charge in [-0.3, -0.25) is 0 Å². The van der Waals surface area contributed by atoms with Crippen LogP contribution in [0.15, 0.2) is 10.2 Å².